The van der Waals surface area contributed by atoms with Crippen LogP contribution in [0.25, 0.3) is 10.2 Å². The third-order valence-electron chi connectivity index (χ3n) is 5.21. The maximum Gasteiger partial charge on any atom is 0.308 e. The van der Waals surface area contributed by atoms with Gasteiger partial charge in [0.2, 0.25) is 0 Å². The van der Waals surface area contributed by atoms with Gasteiger partial charge in [0.15, 0.2) is 0 Å². The highest BCUT2D eigenvalue weighted by atomic mass is 35.5. The molecule has 4 aromatic rings. The van der Waals surface area contributed by atoms with E-state index in [-0.39, 0.29) is 21.0 Å². The molecule has 1 heterocycles. The summed E-state index contributed by atoms with van der Waals surface area (Å²) in [5.41, 5.74) is 1.87. The van der Waals surface area contributed by atoms with Crippen molar-refractivity contribution < 1.29 is 17.9 Å². The average Bonchev–Trinajstić information content (AvgIpc) is 3.15. The Balaban J connectivity index is 1.61. The molecule has 0 aliphatic carbocycles. The highest BCUT2D eigenvalue weighted by molar-refractivity contribution is 7.92. The number of ether oxygens (including phenoxy) is 1. The van der Waals surface area contributed by atoms with E-state index in [1.54, 1.807) is 34.9 Å². The monoisotopic (exact) mass is 531 g/mol. The van der Waals surface area contributed by atoms with Crippen LogP contribution in [0.4, 0.5) is 5.69 Å². The molecule has 182 valence electrons. The van der Waals surface area contributed by atoms with Crippen molar-refractivity contribution in [3.05, 3.63) is 92.5 Å². The lowest BCUT2D eigenvalue weighted by Crippen LogP contribution is -2.28. The van der Waals surface area contributed by atoms with Crippen LogP contribution in [0.1, 0.15) is 15.9 Å². The first-order chi connectivity index (χ1) is 16.8. The van der Waals surface area contributed by atoms with E-state index >= 15 is 0 Å². The number of nitrogens with one attached hydrogen (secondary N) is 2. The fourth-order valence-corrected chi connectivity index (χ4v) is 5.71. The normalized spacial score (nSPS) is 11.5. The Morgan fingerprint density at radius 1 is 1.09 bits per heavy atom. The molecule has 0 radical (unpaired) electrons. The quantitative estimate of drug-likeness (QED) is 0.318. The van der Waals surface area contributed by atoms with Gasteiger partial charge in [-0.15, -0.1) is 0 Å². The minimum atomic E-state index is -4.03. The van der Waals surface area contributed by atoms with Crippen LogP contribution in [0.3, 0.4) is 0 Å². The van der Waals surface area contributed by atoms with Crippen molar-refractivity contribution in [2.24, 2.45) is 0 Å². The van der Waals surface area contributed by atoms with E-state index in [4.69, 9.17) is 16.3 Å². The zero-order chi connectivity index (χ0) is 25.0. The van der Waals surface area contributed by atoms with Crippen LogP contribution >= 0.6 is 22.9 Å². The van der Waals surface area contributed by atoms with Gasteiger partial charge < -0.3 is 10.1 Å². The number of hydrogen-bond acceptors (Lipinski definition) is 6. The molecule has 0 bridgehead atoms. The second-order valence-electron chi connectivity index (χ2n) is 7.61. The number of carbonyl (C=O) groups is 1. The first-order valence-electron chi connectivity index (χ1n) is 10.6. The minimum Gasteiger partial charge on any atom is -0.383 e. The van der Waals surface area contributed by atoms with E-state index in [0.717, 1.165) is 16.9 Å². The number of thiazole rings is 1. The number of rotatable bonds is 9. The van der Waals surface area contributed by atoms with Gasteiger partial charge in [-0.1, -0.05) is 47.2 Å². The van der Waals surface area contributed by atoms with Crippen molar-refractivity contribution in [3.8, 4) is 0 Å². The highest BCUT2D eigenvalue weighted by Gasteiger charge is 2.20. The van der Waals surface area contributed by atoms with Crippen LogP contribution < -0.4 is 14.9 Å². The molecule has 0 fully saturated rings. The Morgan fingerprint density at radius 2 is 1.83 bits per heavy atom. The standard InChI is InChI=1S/C24H22ClN3O5S2/c1-33-13-12-26-23(29)19-4-2-3-5-20(19)27-35(31,32)18-10-11-21-22(14-18)34-24(30)28(21)15-16-6-8-17(25)9-7-16/h2-11,14,27H,12-13,15H2,1H3,(H,26,29). The van der Waals surface area contributed by atoms with Gasteiger partial charge in [-0.2, -0.15) is 0 Å². The van der Waals surface area contributed by atoms with Crippen molar-refractivity contribution in [1.82, 2.24) is 9.88 Å². The number of halogens is 1. The number of methoxy groups -OCH3 is 1. The third kappa shape index (κ3) is 5.73. The van der Waals surface area contributed by atoms with E-state index in [0.29, 0.717) is 34.9 Å². The average molecular weight is 532 g/mol. The summed E-state index contributed by atoms with van der Waals surface area (Å²) in [6, 6.07) is 18.0. The van der Waals surface area contributed by atoms with Crippen LogP contribution in [-0.4, -0.2) is 39.2 Å². The smallest absolute Gasteiger partial charge is 0.308 e. The van der Waals surface area contributed by atoms with E-state index in [1.807, 2.05) is 12.1 Å². The Bertz CT molecular complexity index is 1530. The SMILES string of the molecule is COCCNC(=O)c1ccccc1NS(=O)(=O)c1ccc2c(c1)sc(=O)n2Cc1ccc(Cl)cc1. The van der Waals surface area contributed by atoms with Crippen molar-refractivity contribution in [2.75, 3.05) is 25.0 Å². The highest BCUT2D eigenvalue weighted by Crippen LogP contribution is 2.25. The number of benzene rings is 3. The number of aromatic nitrogens is 1. The van der Waals surface area contributed by atoms with Gasteiger partial charge in [0.1, 0.15) is 0 Å². The first kappa shape index (κ1) is 24.9. The number of sulfonamides is 1. The van der Waals surface area contributed by atoms with E-state index in [1.165, 1.54) is 31.4 Å². The molecule has 35 heavy (non-hydrogen) atoms. The molecular formula is C24H22ClN3O5S2. The number of amides is 1. The predicted molar refractivity (Wildman–Crippen MR) is 138 cm³/mol. The minimum absolute atomic E-state index is 0.0144. The Labute approximate surface area is 211 Å². The zero-order valence-electron chi connectivity index (χ0n) is 18.7. The molecule has 0 aliphatic rings. The Kier molecular flexibility index (Phi) is 7.56. The van der Waals surface area contributed by atoms with Gasteiger partial charge in [0.25, 0.3) is 15.9 Å². The van der Waals surface area contributed by atoms with Crippen molar-refractivity contribution >= 4 is 54.8 Å². The van der Waals surface area contributed by atoms with Gasteiger partial charge in [0.05, 0.1) is 39.5 Å². The molecule has 0 saturated heterocycles. The molecule has 0 saturated carbocycles. The number of para-hydroxylation sites is 1. The largest absolute Gasteiger partial charge is 0.383 e. The van der Waals surface area contributed by atoms with Gasteiger partial charge in [-0.25, -0.2) is 8.42 Å². The molecule has 8 nitrogen and oxygen atoms in total. The molecule has 0 spiro atoms. The van der Waals surface area contributed by atoms with E-state index < -0.39 is 15.9 Å². The molecule has 1 aromatic heterocycles. The van der Waals surface area contributed by atoms with Crippen LogP contribution in [0.15, 0.2) is 76.4 Å². The Morgan fingerprint density at radius 3 is 2.57 bits per heavy atom. The van der Waals surface area contributed by atoms with Crippen LogP contribution in [0.5, 0.6) is 0 Å². The van der Waals surface area contributed by atoms with Crippen molar-refractivity contribution in [1.29, 1.82) is 0 Å². The Hall–Kier alpha value is -3.18. The van der Waals surface area contributed by atoms with Crippen molar-refractivity contribution in [2.45, 2.75) is 11.4 Å². The summed E-state index contributed by atoms with van der Waals surface area (Å²) in [5, 5.41) is 3.28. The summed E-state index contributed by atoms with van der Waals surface area (Å²) in [4.78, 5) is 24.9. The molecular weight excluding hydrogens is 510 g/mol. The van der Waals surface area contributed by atoms with Crippen LogP contribution in [-0.2, 0) is 21.3 Å². The number of carbonyl (C=O) groups excluding carboxylic acids is 1. The molecule has 0 aliphatic heterocycles. The summed E-state index contributed by atoms with van der Waals surface area (Å²) in [6.45, 7) is 0.963. The molecule has 4 rings (SSSR count). The first-order valence-corrected chi connectivity index (χ1v) is 13.2. The van der Waals surface area contributed by atoms with Crippen LogP contribution in [0, 0.1) is 0 Å². The molecule has 0 unspecified atom stereocenters. The maximum atomic E-state index is 13.1. The lowest BCUT2D eigenvalue weighted by molar-refractivity contribution is 0.0938. The second-order valence-corrected chi connectivity index (χ2v) is 10.7. The van der Waals surface area contributed by atoms with Crippen molar-refractivity contribution in [3.63, 3.8) is 0 Å². The molecule has 11 heteroatoms. The van der Waals surface area contributed by atoms with Crippen LogP contribution in [0.2, 0.25) is 5.02 Å². The fraction of sp³-hybridized carbons (Fsp3) is 0.167. The topological polar surface area (TPSA) is 106 Å². The van der Waals surface area contributed by atoms with Gasteiger partial charge >= 0.3 is 4.87 Å². The second kappa shape index (κ2) is 10.6. The summed E-state index contributed by atoms with van der Waals surface area (Å²) < 4.78 is 35.8. The van der Waals surface area contributed by atoms with Gasteiger partial charge in [-0.3, -0.25) is 18.9 Å². The number of anilines is 1. The molecule has 1 amide bonds. The van der Waals surface area contributed by atoms with E-state index in [2.05, 4.69) is 10.0 Å². The molecule has 0 atom stereocenters. The molecule has 3 aromatic carbocycles. The summed E-state index contributed by atoms with van der Waals surface area (Å²) in [6.07, 6.45) is 0. The zero-order valence-corrected chi connectivity index (χ0v) is 21.0. The number of nitrogens with zero attached hydrogens (tertiary/aromatic N) is 1. The summed E-state index contributed by atoms with van der Waals surface area (Å²) in [7, 11) is -2.51. The lowest BCUT2D eigenvalue weighted by Gasteiger charge is -2.13. The predicted octanol–water partition coefficient (Wildman–Crippen LogP) is 3.94. The van der Waals surface area contributed by atoms with Gasteiger partial charge in [0, 0.05) is 18.7 Å². The van der Waals surface area contributed by atoms with E-state index in [9.17, 15) is 18.0 Å². The fourth-order valence-electron chi connectivity index (χ4n) is 3.47. The maximum absolute atomic E-state index is 13.1. The lowest BCUT2D eigenvalue weighted by atomic mass is 10.2. The number of fused-ring (bicyclic) bond motifs is 1. The third-order valence-corrected chi connectivity index (χ3v) is 7.77. The molecule has 2 N–H and O–H groups in total. The van der Waals surface area contributed by atoms with Gasteiger partial charge in [-0.05, 0) is 48.0 Å². The number of hydrogen-bond donors (Lipinski definition) is 2. The summed E-state index contributed by atoms with van der Waals surface area (Å²) in [5.74, 6) is -0.423. The summed E-state index contributed by atoms with van der Waals surface area (Å²) >= 11 is 6.91.